The summed E-state index contributed by atoms with van der Waals surface area (Å²) < 4.78 is 6.73. The fraction of sp³-hybridized carbons (Fsp3) is 0.250. The van der Waals surface area contributed by atoms with Gasteiger partial charge in [-0.15, -0.1) is 0 Å². The Bertz CT molecular complexity index is 659. The van der Waals surface area contributed by atoms with Gasteiger partial charge in [0.15, 0.2) is 0 Å². The second-order valence-electron chi connectivity index (χ2n) is 5.07. The Morgan fingerprint density at radius 3 is 2.67 bits per heavy atom. The molecule has 1 fully saturated rings. The van der Waals surface area contributed by atoms with Gasteiger partial charge in [0.2, 0.25) is 0 Å². The van der Waals surface area contributed by atoms with Crippen LogP contribution in [0.5, 0.6) is 11.5 Å². The molecule has 1 aliphatic rings. The highest BCUT2D eigenvalue weighted by atomic mass is 79.9. The number of rotatable bonds is 5. The number of benzene rings is 2. The molecule has 0 atom stereocenters. The number of hydrogen-bond donors (Lipinski definition) is 1. The SMILES string of the molecule is Clc1cccc(Oc2ccc(CNC3CC3)cc2Br)c1Cl. The summed E-state index contributed by atoms with van der Waals surface area (Å²) in [5.41, 5.74) is 1.22. The third-order valence-electron chi connectivity index (χ3n) is 3.30. The van der Waals surface area contributed by atoms with E-state index in [1.165, 1.54) is 18.4 Å². The maximum absolute atomic E-state index is 6.14. The maximum Gasteiger partial charge on any atom is 0.147 e. The minimum absolute atomic E-state index is 0.422. The van der Waals surface area contributed by atoms with Crippen molar-refractivity contribution in [3.63, 3.8) is 0 Å². The molecule has 0 saturated heterocycles. The second-order valence-corrected chi connectivity index (χ2v) is 6.71. The van der Waals surface area contributed by atoms with Gasteiger partial charge in [0, 0.05) is 12.6 Å². The zero-order valence-corrected chi connectivity index (χ0v) is 14.3. The van der Waals surface area contributed by atoms with E-state index in [0.717, 1.165) is 11.0 Å². The Kier molecular flexibility index (Phi) is 4.75. The molecule has 0 heterocycles. The smallest absolute Gasteiger partial charge is 0.147 e. The lowest BCUT2D eigenvalue weighted by molar-refractivity contribution is 0.479. The van der Waals surface area contributed by atoms with Crippen LogP contribution in [-0.2, 0) is 6.54 Å². The summed E-state index contributed by atoms with van der Waals surface area (Å²) in [4.78, 5) is 0. The zero-order valence-electron chi connectivity index (χ0n) is 11.2. The third kappa shape index (κ3) is 3.92. The van der Waals surface area contributed by atoms with Crippen molar-refractivity contribution in [2.24, 2.45) is 0 Å². The van der Waals surface area contributed by atoms with E-state index in [9.17, 15) is 0 Å². The molecular formula is C16H14BrCl2NO. The fourth-order valence-electron chi connectivity index (χ4n) is 1.97. The summed E-state index contributed by atoms with van der Waals surface area (Å²) in [5.74, 6) is 1.27. The zero-order chi connectivity index (χ0) is 14.8. The van der Waals surface area contributed by atoms with Gasteiger partial charge in [0.05, 0.1) is 9.50 Å². The van der Waals surface area contributed by atoms with E-state index in [1.807, 2.05) is 18.2 Å². The molecule has 2 nitrogen and oxygen atoms in total. The molecule has 0 bridgehead atoms. The molecule has 2 aromatic rings. The average molecular weight is 387 g/mol. The molecule has 1 N–H and O–H groups in total. The van der Waals surface area contributed by atoms with Crippen LogP contribution in [-0.4, -0.2) is 6.04 Å². The molecule has 2 aromatic carbocycles. The number of ether oxygens (including phenoxy) is 1. The standard InChI is InChI=1S/C16H14BrCl2NO/c17-12-8-10(9-20-11-5-6-11)4-7-14(12)21-15-3-1-2-13(18)16(15)19/h1-4,7-8,11,20H,5-6,9H2. The Labute approximate surface area is 142 Å². The summed E-state index contributed by atoms with van der Waals surface area (Å²) in [6.45, 7) is 0.876. The molecular weight excluding hydrogens is 373 g/mol. The number of halogens is 3. The van der Waals surface area contributed by atoms with Crippen molar-refractivity contribution in [2.45, 2.75) is 25.4 Å². The van der Waals surface area contributed by atoms with E-state index >= 15 is 0 Å². The number of hydrogen-bond acceptors (Lipinski definition) is 2. The molecule has 3 rings (SSSR count). The molecule has 1 saturated carbocycles. The first kappa shape index (κ1) is 15.2. The van der Waals surface area contributed by atoms with Crippen molar-refractivity contribution < 1.29 is 4.74 Å². The molecule has 0 spiro atoms. The van der Waals surface area contributed by atoms with Gasteiger partial charge in [-0.25, -0.2) is 0 Å². The summed E-state index contributed by atoms with van der Waals surface area (Å²) in [6.07, 6.45) is 2.57. The Hall–Kier alpha value is -0.740. The van der Waals surface area contributed by atoms with Crippen molar-refractivity contribution in [3.05, 3.63) is 56.5 Å². The maximum atomic E-state index is 6.14. The van der Waals surface area contributed by atoms with Crippen LogP contribution in [0.2, 0.25) is 10.0 Å². The predicted molar refractivity (Wildman–Crippen MR) is 90.5 cm³/mol. The Balaban J connectivity index is 1.74. The van der Waals surface area contributed by atoms with Crippen molar-refractivity contribution in [1.29, 1.82) is 0 Å². The highest BCUT2D eigenvalue weighted by Gasteiger charge is 2.20. The van der Waals surface area contributed by atoms with Crippen LogP contribution in [0.25, 0.3) is 0 Å². The van der Waals surface area contributed by atoms with Crippen LogP contribution < -0.4 is 10.1 Å². The van der Waals surface area contributed by atoms with E-state index in [4.69, 9.17) is 27.9 Å². The minimum Gasteiger partial charge on any atom is -0.455 e. The topological polar surface area (TPSA) is 21.3 Å². The Morgan fingerprint density at radius 1 is 1.14 bits per heavy atom. The second kappa shape index (κ2) is 6.57. The molecule has 110 valence electrons. The van der Waals surface area contributed by atoms with Crippen LogP contribution >= 0.6 is 39.1 Å². The first-order valence-electron chi connectivity index (χ1n) is 6.77. The van der Waals surface area contributed by atoms with E-state index < -0.39 is 0 Å². The van der Waals surface area contributed by atoms with E-state index in [2.05, 4.69) is 27.3 Å². The molecule has 0 unspecified atom stereocenters. The van der Waals surface area contributed by atoms with Gasteiger partial charge >= 0.3 is 0 Å². The van der Waals surface area contributed by atoms with Gasteiger partial charge in [-0.05, 0) is 58.6 Å². The summed E-state index contributed by atoms with van der Waals surface area (Å²) in [7, 11) is 0. The van der Waals surface area contributed by atoms with Gasteiger partial charge in [0.25, 0.3) is 0 Å². The average Bonchev–Trinajstić information content (AvgIpc) is 3.28. The summed E-state index contributed by atoms with van der Waals surface area (Å²) in [5, 5.41) is 4.39. The lowest BCUT2D eigenvalue weighted by Gasteiger charge is -2.11. The molecule has 0 amide bonds. The fourth-order valence-corrected chi connectivity index (χ4v) is 2.81. The quantitative estimate of drug-likeness (QED) is 0.700. The Morgan fingerprint density at radius 2 is 1.95 bits per heavy atom. The van der Waals surface area contributed by atoms with Crippen molar-refractivity contribution in [2.75, 3.05) is 0 Å². The van der Waals surface area contributed by atoms with E-state index in [0.29, 0.717) is 27.6 Å². The third-order valence-corrected chi connectivity index (χ3v) is 4.73. The van der Waals surface area contributed by atoms with Crippen LogP contribution in [0.1, 0.15) is 18.4 Å². The highest BCUT2D eigenvalue weighted by Crippen LogP contribution is 2.37. The van der Waals surface area contributed by atoms with E-state index in [1.54, 1.807) is 12.1 Å². The molecule has 1 aliphatic carbocycles. The van der Waals surface area contributed by atoms with Gasteiger partial charge in [-0.2, -0.15) is 0 Å². The first-order valence-corrected chi connectivity index (χ1v) is 8.32. The molecule has 5 heteroatoms. The van der Waals surface area contributed by atoms with Crippen molar-refractivity contribution in [1.82, 2.24) is 5.32 Å². The van der Waals surface area contributed by atoms with Crippen molar-refractivity contribution in [3.8, 4) is 11.5 Å². The van der Waals surface area contributed by atoms with Gasteiger partial charge in [0.1, 0.15) is 16.5 Å². The normalized spacial score (nSPS) is 14.2. The van der Waals surface area contributed by atoms with Gasteiger partial charge in [-0.1, -0.05) is 35.3 Å². The van der Waals surface area contributed by atoms with Crippen LogP contribution in [0.15, 0.2) is 40.9 Å². The van der Waals surface area contributed by atoms with Crippen LogP contribution in [0.4, 0.5) is 0 Å². The summed E-state index contributed by atoms with van der Waals surface area (Å²) in [6, 6.07) is 12.1. The minimum atomic E-state index is 0.422. The number of nitrogens with one attached hydrogen (secondary N) is 1. The van der Waals surface area contributed by atoms with Crippen LogP contribution in [0.3, 0.4) is 0 Å². The molecule has 0 radical (unpaired) electrons. The van der Waals surface area contributed by atoms with Gasteiger partial charge < -0.3 is 10.1 Å². The first-order chi connectivity index (χ1) is 10.1. The largest absolute Gasteiger partial charge is 0.455 e. The van der Waals surface area contributed by atoms with E-state index in [-0.39, 0.29) is 0 Å². The summed E-state index contributed by atoms with van der Waals surface area (Å²) >= 11 is 15.7. The monoisotopic (exact) mass is 385 g/mol. The molecule has 21 heavy (non-hydrogen) atoms. The lowest BCUT2D eigenvalue weighted by Crippen LogP contribution is -2.15. The molecule has 0 aliphatic heterocycles. The highest BCUT2D eigenvalue weighted by molar-refractivity contribution is 9.10. The van der Waals surface area contributed by atoms with Crippen LogP contribution in [0, 0.1) is 0 Å². The molecule has 0 aromatic heterocycles. The predicted octanol–water partition coefficient (Wildman–Crippen LogP) is 5.80. The lowest BCUT2D eigenvalue weighted by atomic mass is 10.2. The van der Waals surface area contributed by atoms with Gasteiger partial charge in [-0.3, -0.25) is 0 Å². The van der Waals surface area contributed by atoms with Crippen molar-refractivity contribution >= 4 is 39.1 Å².